The van der Waals surface area contributed by atoms with Crippen molar-refractivity contribution in [2.24, 2.45) is 0 Å². The molecular weight excluding hydrogens is 360 g/mol. The number of carbonyl (C=O) groups is 3. The maximum Gasteiger partial charge on any atom is 0.414 e. The summed E-state index contributed by atoms with van der Waals surface area (Å²) in [7, 11) is 0. The van der Waals surface area contributed by atoms with Gasteiger partial charge in [0.2, 0.25) is 12.7 Å². The molecule has 1 aliphatic heterocycles. The molecule has 136 valence electrons. The van der Waals surface area contributed by atoms with Crippen LogP contribution in [0.15, 0.2) is 29.6 Å². The van der Waals surface area contributed by atoms with Crippen LogP contribution in [0.25, 0.3) is 0 Å². The second-order valence-corrected chi connectivity index (χ2v) is 6.17. The zero-order valence-electron chi connectivity index (χ0n) is 13.9. The van der Waals surface area contributed by atoms with E-state index in [-0.39, 0.29) is 31.3 Å². The van der Waals surface area contributed by atoms with E-state index >= 15 is 0 Å². The monoisotopic (exact) mass is 376 g/mol. The summed E-state index contributed by atoms with van der Waals surface area (Å²) in [6.07, 6.45) is -0.727. The van der Waals surface area contributed by atoms with Gasteiger partial charge in [-0.25, -0.2) is 4.79 Å². The third kappa shape index (κ3) is 4.12. The third-order valence-electron chi connectivity index (χ3n) is 3.46. The number of hydrogen-bond donors (Lipinski definition) is 2. The number of amides is 3. The number of alkyl carbamates (subject to hydrolysis) is 1. The lowest BCUT2D eigenvalue weighted by Crippen LogP contribution is -2.31. The molecule has 3 rings (SSSR count). The van der Waals surface area contributed by atoms with Crippen LogP contribution in [0.4, 0.5) is 9.80 Å². The van der Waals surface area contributed by atoms with Crippen molar-refractivity contribution in [1.29, 1.82) is 0 Å². The summed E-state index contributed by atoms with van der Waals surface area (Å²) in [6, 6.07) is 6.78. The second kappa shape index (κ2) is 7.87. The Kier molecular flexibility index (Phi) is 5.37. The van der Waals surface area contributed by atoms with Gasteiger partial charge in [0.15, 0.2) is 11.5 Å². The van der Waals surface area contributed by atoms with Crippen LogP contribution in [-0.2, 0) is 16.0 Å². The van der Waals surface area contributed by atoms with E-state index in [0.717, 1.165) is 5.56 Å². The minimum atomic E-state index is -0.832. The molecule has 2 heterocycles. The van der Waals surface area contributed by atoms with Crippen molar-refractivity contribution in [1.82, 2.24) is 5.32 Å². The molecule has 26 heavy (non-hydrogen) atoms. The summed E-state index contributed by atoms with van der Waals surface area (Å²) < 4.78 is 15.2. The van der Waals surface area contributed by atoms with E-state index in [1.807, 2.05) is 0 Å². The Balaban J connectivity index is 1.62. The molecular formula is C17H16N2O6S. The highest BCUT2D eigenvalue weighted by molar-refractivity contribution is 7.14. The summed E-state index contributed by atoms with van der Waals surface area (Å²) in [5, 5.41) is 6.80. The van der Waals surface area contributed by atoms with Crippen LogP contribution in [0.3, 0.4) is 0 Å². The number of benzene rings is 1. The van der Waals surface area contributed by atoms with Crippen molar-refractivity contribution in [2.75, 3.05) is 18.7 Å². The highest BCUT2D eigenvalue weighted by Gasteiger charge is 2.19. The minimum absolute atomic E-state index is 0.105. The van der Waals surface area contributed by atoms with E-state index in [4.69, 9.17) is 9.47 Å². The van der Waals surface area contributed by atoms with E-state index in [9.17, 15) is 14.4 Å². The fraction of sp³-hybridized carbons (Fsp3) is 0.235. The Morgan fingerprint density at radius 1 is 1.19 bits per heavy atom. The van der Waals surface area contributed by atoms with Crippen LogP contribution < -0.4 is 20.1 Å². The van der Waals surface area contributed by atoms with Gasteiger partial charge in [-0.1, -0.05) is 6.07 Å². The second-order valence-electron chi connectivity index (χ2n) is 5.25. The minimum Gasteiger partial charge on any atom is -0.454 e. The molecule has 0 radical (unpaired) electrons. The molecule has 9 heteroatoms. The Labute approximate surface area is 153 Å². The standard InChI is InChI=1S/C17H16N2O6S/c1-2-23-17(22)19-15(21)11-5-6-26-16(11)18-14(20)8-10-3-4-12-13(7-10)25-9-24-12/h3-7H,2,8-9H2,1H3,(H,18,20)(H,19,21,22). The van der Waals surface area contributed by atoms with Crippen LogP contribution >= 0.6 is 11.3 Å². The van der Waals surface area contributed by atoms with Crippen molar-refractivity contribution in [3.63, 3.8) is 0 Å². The number of fused-ring (bicyclic) bond motifs is 1. The molecule has 0 saturated heterocycles. The molecule has 0 bridgehead atoms. The smallest absolute Gasteiger partial charge is 0.414 e. The van der Waals surface area contributed by atoms with E-state index in [1.54, 1.807) is 30.5 Å². The first-order valence-electron chi connectivity index (χ1n) is 7.80. The molecule has 0 fully saturated rings. The van der Waals surface area contributed by atoms with Crippen LogP contribution in [0.1, 0.15) is 22.8 Å². The first kappa shape index (κ1) is 17.7. The average molecular weight is 376 g/mol. The normalized spacial score (nSPS) is 11.7. The predicted molar refractivity (Wildman–Crippen MR) is 93.7 cm³/mol. The van der Waals surface area contributed by atoms with E-state index < -0.39 is 12.0 Å². The molecule has 0 spiro atoms. The van der Waals surface area contributed by atoms with Crippen molar-refractivity contribution >= 4 is 34.2 Å². The van der Waals surface area contributed by atoms with Gasteiger partial charge in [0.25, 0.3) is 5.91 Å². The fourth-order valence-electron chi connectivity index (χ4n) is 2.32. The van der Waals surface area contributed by atoms with Gasteiger partial charge in [0.1, 0.15) is 5.00 Å². The highest BCUT2D eigenvalue weighted by atomic mass is 32.1. The number of nitrogens with one attached hydrogen (secondary N) is 2. The third-order valence-corrected chi connectivity index (χ3v) is 4.29. The summed E-state index contributed by atoms with van der Waals surface area (Å²) in [5.74, 6) is 0.311. The van der Waals surface area contributed by atoms with Gasteiger partial charge in [-0.15, -0.1) is 11.3 Å². The fourth-order valence-corrected chi connectivity index (χ4v) is 3.12. The van der Waals surface area contributed by atoms with Crippen LogP contribution in [0.2, 0.25) is 0 Å². The zero-order valence-corrected chi connectivity index (χ0v) is 14.7. The van der Waals surface area contributed by atoms with Crippen molar-refractivity contribution < 1.29 is 28.6 Å². The Bertz CT molecular complexity index is 848. The lowest BCUT2D eigenvalue weighted by molar-refractivity contribution is -0.115. The molecule has 0 unspecified atom stereocenters. The zero-order chi connectivity index (χ0) is 18.5. The molecule has 1 aromatic carbocycles. The molecule has 2 N–H and O–H groups in total. The molecule has 0 saturated carbocycles. The van der Waals surface area contributed by atoms with Crippen LogP contribution in [0.5, 0.6) is 11.5 Å². The number of thiophene rings is 1. The maximum atomic E-state index is 12.3. The first-order chi connectivity index (χ1) is 12.6. The van der Waals surface area contributed by atoms with Gasteiger partial charge in [-0.3, -0.25) is 14.9 Å². The lowest BCUT2D eigenvalue weighted by Gasteiger charge is -2.07. The summed E-state index contributed by atoms with van der Waals surface area (Å²) in [4.78, 5) is 35.7. The molecule has 2 aromatic rings. The molecule has 0 atom stereocenters. The molecule has 1 aromatic heterocycles. The number of hydrogen-bond acceptors (Lipinski definition) is 7. The Morgan fingerprint density at radius 2 is 2.00 bits per heavy atom. The van der Waals surface area contributed by atoms with Crippen LogP contribution in [0, 0.1) is 0 Å². The summed E-state index contributed by atoms with van der Waals surface area (Å²) in [6.45, 7) is 1.96. The van der Waals surface area contributed by atoms with Crippen molar-refractivity contribution in [3.8, 4) is 11.5 Å². The quantitative estimate of drug-likeness (QED) is 0.831. The highest BCUT2D eigenvalue weighted by Crippen LogP contribution is 2.32. The number of carbonyl (C=O) groups excluding carboxylic acids is 3. The topological polar surface area (TPSA) is 103 Å². The van der Waals surface area contributed by atoms with Gasteiger partial charge in [0.05, 0.1) is 18.6 Å². The maximum absolute atomic E-state index is 12.3. The molecule has 1 aliphatic rings. The summed E-state index contributed by atoms with van der Waals surface area (Å²) >= 11 is 1.19. The predicted octanol–water partition coefficient (Wildman–Crippen LogP) is 2.54. The van der Waals surface area contributed by atoms with Gasteiger partial charge in [-0.05, 0) is 36.1 Å². The van der Waals surface area contributed by atoms with Crippen molar-refractivity contribution in [3.05, 3.63) is 40.8 Å². The Morgan fingerprint density at radius 3 is 2.81 bits per heavy atom. The van der Waals surface area contributed by atoms with Crippen molar-refractivity contribution in [2.45, 2.75) is 13.3 Å². The lowest BCUT2D eigenvalue weighted by atomic mass is 10.1. The van der Waals surface area contributed by atoms with Gasteiger partial charge in [0, 0.05) is 0 Å². The van der Waals surface area contributed by atoms with E-state index in [1.165, 1.54) is 17.4 Å². The number of imide groups is 1. The molecule has 8 nitrogen and oxygen atoms in total. The first-order valence-corrected chi connectivity index (χ1v) is 8.68. The molecule has 3 amide bonds. The largest absolute Gasteiger partial charge is 0.454 e. The number of anilines is 1. The number of ether oxygens (including phenoxy) is 3. The van der Waals surface area contributed by atoms with E-state index in [0.29, 0.717) is 16.5 Å². The SMILES string of the molecule is CCOC(=O)NC(=O)c1ccsc1NC(=O)Cc1ccc2c(c1)OCO2. The van der Waals surface area contributed by atoms with Gasteiger partial charge >= 0.3 is 6.09 Å². The van der Waals surface area contributed by atoms with Gasteiger partial charge < -0.3 is 19.5 Å². The van der Waals surface area contributed by atoms with Gasteiger partial charge in [-0.2, -0.15) is 0 Å². The average Bonchev–Trinajstić information content (AvgIpc) is 3.23. The van der Waals surface area contributed by atoms with E-state index in [2.05, 4.69) is 15.4 Å². The summed E-state index contributed by atoms with van der Waals surface area (Å²) in [5.41, 5.74) is 0.947. The molecule has 0 aliphatic carbocycles. The number of rotatable bonds is 5. The Hall–Kier alpha value is -3.07. The van der Waals surface area contributed by atoms with Crippen LogP contribution in [-0.4, -0.2) is 31.3 Å².